The fourth-order valence-corrected chi connectivity index (χ4v) is 1.51. The average Bonchev–Trinajstić information content (AvgIpc) is 2.87. The minimum absolute atomic E-state index is 0.125. The van der Waals surface area contributed by atoms with Gasteiger partial charge in [-0.3, -0.25) is 0 Å². The summed E-state index contributed by atoms with van der Waals surface area (Å²) in [6.45, 7) is -0.125. The molecule has 0 aliphatic heterocycles. The maximum absolute atomic E-state index is 11.2. The Balaban J connectivity index is 2.25. The highest BCUT2D eigenvalue weighted by molar-refractivity contribution is 5.89. The van der Waals surface area contributed by atoms with Crippen molar-refractivity contribution in [2.45, 2.75) is 6.61 Å². The second-order valence-electron chi connectivity index (χ2n) is 3.49. The number of aliphatic hydroxyl groups is 1. The molecule has 0 radical (unpaired) electrons. The molecular weight excluding hydrogens is 220 g/mol. The van der Waals surface area contributed by atoms with E-state index in [1.54, 1.807) is 36.4 Å². The maximum atomic E-state index is 11.2. The Labute approximate surface area is 98.4 Å². The predicted molar refractivity (Wildman–Crippen MR) is 61.4 cm³/mol. The molecule has 1 aromatic heterocycles. The molecule has 0 unspecified atom stereocenters. The van der Waals surface area contributed by atoms with Crippen LogP contribution >= 0.6 is 0 Å². The van der Waals surface area contributed by atoms with Crippen LogP contribution in [0.2, 0.25) is 0 Å². The van der Waals surface area contributed by atoms with Gasteiger partial charge in [0.25, 0.3) is 0 Å². The van der Waals surface area contributed by atoms with Gasteiger partial charge in [0.05, 0.1) is 12.7 Å². The van der Waals surface area contributed by atoms with Crippen LogP contribution in [-0.2, 0) is 11.3 Å². The Hall–Kier alpha value is -2.07. The molecule has 88 valence electrons. The van der Waals surface area contributed by atoms with Crippen LogP contribution in [0, 0.1) is 0 Å². The summed E-state index contributed by atoms with van der Waals surface area (Å²) >= 11 is 0. The van der Waals surface area contributed by atoms with Gasteiger partial charge in [-0.2, -0.15) is 0 Å². The van der Waals surface area contributed by atoms with E-state index < -0.39 is 0 Å². The van der Waals surface area contributed by atoms with E-state index in [4.69, 9.17) is 9.52 Å². The lowest BCUT2D eigenvalue weighted by Gasteiger charge is -2.00. The van der Waals surface area contributed by atoms with Crippen LogP contribution in [0.25, 0.3) is 11.3 Å². The summed E-state index contributed by atoms with van der Waals surface area (Å²) in [4.78, 5) is 11.2. The standard InChI is InChI=1S/C13H12O4/c1-16-13(15)10-4-2-9(3-5-10)12-7-6-11(8-14)17-12/h2-7,14H,8H2,1H3. The van der Waals surface area contributed by atoms with Crippen LogP contribution in [0.1, 0.15) is 16.1 Å². The third kappa shape index (κ3) is 2.37. The van der Waals surface area contributed by atoms with Gasteiger partial charge in [0.2, 0.25) is 0 Å². The molecule has 0 saturated carbocycles. The zero-order valence-corrected chi connectivity index (χ0v) is 9.34. The summed E-state index contributed by atoms with van der Waals surface area (Å²) in [6, 6.07) is 10.4. The number of hydrogen-bond donors (Lipinski definition) is 1. The SMILES string of the molecule is COC(=O)c1ccc(-c2ccc(CO)o2)cc1. The summed E-state index contributed by atoms with van der Waals surface area (Å²) in [5, 5.41) is 8.89. The number of rotatable bonds is 3. The number of methoxy groups -OCH3 is 1. The number of hydrogen-bond acceptors (Lipinski definition) is 4. The summed E-state index contributed by atoms with van der Waals surface area (Å²) in [5.41, 5.74) is 1.34. The van der Waals surface area contributed by atoms with Gasteiger partial charge < -0.3 is 14.3 Å². The van der Waals surface area contributed by atoms with Crippen LogP contribution in [0.4, 0.5) is 0 Å². The number of furan rings is 1. The summed E-state index contributed by atoms with van der Waals surface area (Å²) in [7, 11) is 1.34. The third-order valence-electron chi connectivity index (χ3n) is 2.41. The zero-order valence-electron chi connectivity index (χ0n) is 9.34. The lowest BCUT2D eigenvalue weighted by molar-refractivity contribution is 0.0601. The van der Waals surface area contributed by atoms with Crippen molar-refractivity contribution in [1.29, 1.82) is 0 Å². The number of ether oxygens (including phenoxy) is 1. The molecule has 1 aromatic carbocycles. The number of carbonyl (C=O) groups is 1. The molecule has 0 bridgehead atoms. The summed E-state index contributed by atoms with van der Waals surface area (Å²) in [6.07, 6.45) is 0. The first-order valence-corrected chi connectivity index (χ1v) is 5.13. The molecule has 17 heavy (non-hydrogen) atoms. The Morgan fingerprint density at radius 3 is 2.47 bits per heavy atom. The molecule has 0 saturated heterocycles. The predicted octanol–water partition coefficient (Wildman–Crippen LogP) is 2.23. The van der Waals surface area contributed by atoms with Crippen molar-refractivity contribution in [3.05, 3.63) is 47.7 Å². The van der Waals surface area contributed by atoms with Gasteiger partial charge in [-0.15, -0.1) is 0 Å². The van der Waals surface area contributed by atoms with Crippen LogP contribution in [0.15, 0.2) is 40.8 Å². The first-order valence-electron chi connectivity index (χ1n) is 5.13. The van der Waals surface area contributed by atoms with Gasteiger partial charge >= 0.3 is 5.97 Å². The molecule has 0 aliphatic carbocycles. The molecule has 2 rings (SSSR count). The van der Waals surface area contributed by atoms with E-state index in [1.165, 1.54) is 7.11 Å². The minimum atomic E-state index is -0.368. The molecular formula is C13H12O4. The monoisotopic (exact) mass is 232 g/mol. The highest BCUT2D eigenvalue weighted by atomic mass is 16.5. The zero-order chi connectivity index (χ0) is 12.3. The molecule has 4 nitrogen and oxygen atoms in total. The van der Waals surface area contributed by atoms with E-state index >= 15 is 0 Å². The van der Waals surface area contributed by atoms with Gasteiger partial charge in [0.15, 0.2) is 0 Å². The number of carbonyl (C=O) groups excluding carboxylic acids is 1. The largest absolute Gasteiger partial charge is 0.465 e. The Kier molecular flexibility index (Phi) is 3.25. The van der Waals surface area contributed by atoms with E-state index in [1.807, 2.05) is 0 Å². The first kappa shape index (κ1) is 11.4. The number of benzene rings is 1. The van der Waals surface area contributed by atoms with Crippen molar-refractivity contribution in [2.24, 2.45) is 0 Å². The highest BCUT2D eigenvalue weighted by Crippen LogP contribution is 2.22. The van der Waals surface area contributed by atoms with Crippen molar-refractivity contribution < 1.29 is 19.1 Å². The lowest BCUT2D eigenvalue weighted by Crippen LogP contribution is -2.00. The van der Waals surface area contributed by atoms with Gasteiger partial charge in [-0.25, -0.2) is 4.79 Å². The molecule has 0 atom stereocenters. The van der Waals surface area contributed by atoms with E-state index in [9.17, 15) is 4.79 Å². The van der Waals surface area contributed by atoms with E-state index in [0.29, 0.717) is 17.1 Å². The smallest absolute Gasteiger partial charge is 0.337 e. The molecule has 0 spiro atoms. The van der Waals surface area contributed by atoms with Crippen LogP contribution < -0.4 is 0 Å². The molecule has 0 aliphatic rings. The summed E-state index contributed by atoms with van der Waals surface area (Å²) < 4.78 is 9.99. The van der Waals surface area contributed by atoms with Crippen LogP contribution in [-0.4, -0.2) is 18.2 Å². The Morgan fingerprint density at radius 1 is 1.24 bits per heavy atom. The molecule has 0 amide bonds. The quantitative estimate of drug-likeness (QED) is 0.824. The van der Waals surface area contributed by atoms with Gasteiger partial charge in [0, 0.05) is 5.56 Å². The number of aliphatic hydroxyl groups excluding tert-OH is 1. The fourth-order valence-electron chi connectivity index (χ4n) is 1.51. The van der Waals surface area contributed by atoms with Gasteiger partial charge in [-0.1, -0.05) is 12.1 Å². The second kappa shape index (κ2) is 4.84. The van der Waals surface area contributed by atoms with Crippen molar-refractivity contribution in [3.63, 3.8) is 0 Å². The number of esters is 1. The molecule has 1 N–H and O–H groups in total. The molecule has 4 heteroatoms. The summed E-state index contributed by atoms with van der Waals surface area (Å²) in [5.74, 6) is 0.801. The van der Waals surface area contributed by atoms with Crippen molar-refractivity contribution in [3.8, 4) is 11.3 Å². The average molecular weight is 232 g/mol. The topological polar surface area (TPSA) is 59.7 Å². The third-order valence-corrected chi connectivity index (χ3v) is 2.41. The Bertz CT molecular complexity index is 510. The molecule has 0 fully saturated rings. The van der Waals surface area contributed by atoms with E-state index in [-0.39, 0.29) is 12.6 Å². The van der Waals surface area contributed by atoms with E-state index in [2.05, 4.69) is 4.74 Å². The first-order chi connectivity index (χ1) is 8.24. The molecule has 2 aromatic rings. The van der Waals surface area contributed by atoms with Crippen LogP contribution in [0.5, 0.6) is 0 Å². The van der Waals surface area contributed by atoms with E-state index in [0.717, 1.165) is 5.56 Å². The van der Waals surface area contributed by atoms with Gasteiger partial charge in [0.1, 0.15) is 18.1 Å². The lowest BCUT2D eigenvalue weighted by atomic mass is 10.1. The maximum Gasteiger partial charge on any atom is 0.337 e. The highest BCUT2D eigenvalue weighted by Gasteiger charge is 2.07. The Morgan fingerprint density at radius 2 is 1.94 bits per heavy atom. The van der Waals surface area contributed by atoms with Crippen LogP contribution in [0.3, 0.4) is 0 Å². The molecule has 1 heterocycles. The van der Waals surface area contributed by atoms with Crippen molar-refractivity contribution >= 4 is 5.97 Å². The normalized spacial score (nSPS) is 10.2. The second-order valence-corrected chi connectivity index (χ2v) is 3.49. The van der Waals surface area contributed by atoms with Crippen molar-refractivity contribution in [1.82, 2.24) is 0 Å². The fraction of sp³-hybridized carbons (Fsp3) is 0.154. The minimum Gasteiger partial charge on any atom is -0.465 e. The van der Waals surface area contributed by atoms with Crippen molar-refractivity contribution in [2.75, 3.05) is 7.11 Å². The van der Waals surface area contributed by atoms with Gasteiger partial charge in [-0.05, 0) is 24.3 Å².